The Hall–Kier alpha value is -0.440. The number of hydrogen-bond donors (Lipinski definition) is 1. The minimum Gasteiger partial charge on any atom is -0.344 e. The standard InChI is InChI=1S/C6H6F9O2P/c7-4(8,9)1-3(6(13,14)15)18(16,17)2-5(10,11)12/h3H,1-2H2,(H,16,17). The highest BCUT2D eigenvalue weighted by molar-refractivity contribution is 7.58. The van der Waals surface area contributed by atoms with Crippen LogP contribution >= 0.6 is 7.37 Å². The first-order chi connectivity index (χ1) is 7.55. The summed E-state index contributed by atoms with van der Waals surface area (Å²) in [6.45, 7) is 0. The van der Waals surface area contributed by atoms with Gasteiger partial charge < -0.3 is 4.89 Å². The fourth-order valence-electron chi connectivity index (χ4n) is 1.07. The van der Waals surface area contributed by atoms with Crippen LogP contribution in [0.5, 0.6) is 0 Å². The molecule has 0 aromatic heterocycles. The zero-order chi connectivity index (χ0) is 15.0. The number of alkyl halides is 9. The van der Waals surface area contributed by atoms with Crippen molar-refractivity contribution in [3.63, 3.8) is 0 Å². The fraction of sp³-hybridized carbons (Fsp3) is 1.00. The van der Waals surface area contributed by atoms with Gasteiger partial charge in [-0.25, -0.2) is 0 Å². The molecule has 0 radical (unpaired) electrons. The van der Waals surface area contributed by atoms with Gasteiger partial charge in [-0.2, -0.15) is 39.5 Å². The first-order valence-electron chi connectivity index (χ1n) is 4.06. The van der Waals surface area contributed by atoms with Crippen LogP contribution in [-0.4, -0.2) is 35.2 Å². The highest BCUT2D eigenvalue weighted by atomic mass is 31.2. The number of rotatable bonds is 3. The van der Waals surface area contributed by atoms with Crippen LogP contribution in [0.15, 0.2) is 0 Å². The molecule has 2 atom stereocenters. The maximum atomic E-state index is 12.1. The lowest BCUT2D eigenvalue weighted by Gasteiger charge is -2.26. The lowest BCUT2D eigenvalue weighted by atomic mass is 10.3. The first-order valence-corrected chi connectivity index (χ1v) is 5.98. The number of hydrogen-bond acceptors (Lipinski definition) is 1. The van der Waals surface area contributed by atoms with Crippen LogP contribution < -0.4 is 0 Å². The van der Waals surface area contributed by atoms with Crippen molar-refractivity contribution in [3.8, 4) is 0 Å². The van der Waals surface area contributed by atoms with Crippen molar-refractivity contribution in [1.82, 2.24) is 0 Å². The van der Waals surface area contributed by atoms with Gasteiger partial charge in [-0.15, -0.1) is 0 Å². The van der Waals surface area contributed by atoms with Gasteiger partial charge in [-0.3, -0.25) is 4.57 Å². The summed E-state index contributed by atoms with van der Waals surface area (Å²) in [6, 6.07) is 0. The smallest absolute Gasteiger partial charge is 0.344 e. The Labute approximate surface area is 94.2 Å². The molecule has 0 saturated heterocycles. The fourth-order valence-corrected chi connectivity index (χ4v) is 2.76. The van der Waals surface area contributed by atoms with Crippen LogP contribution in [0, 0.1) is 0 Å². The van der Waals surface area contributed by atoms with Gasteiger partial charge in [-0.1, -0.05) is 0 Å². The van der Waals surface area contributed by atoms with E-state index in [1.165, 1.54) is 0 Å². The van der Waals surface area contributed by atoms with E-state index >= 15 is 0 Å². The monoisotopic (exact) mass is 312 g/mol. The maximum Gasteiger partial charge on any atom is 0.401 e. The summed E-state index contributed by atoms with van der Waals surface area (Å²) in [5.41, 5.74) is -3.98. The summed E-state index contributed by atoms with van der Waals surface area (Å²) in [7, 11) is -6.11. The first kappa shape index (κ1) is 17.6. The van der Waals surface area contributed by atoms with Crippen LogP contribution in [0.2, 0.25) is 0 Å². The summed E-state index contributed by atoms with van der Waals surface area (Å²) < 4.78 is 118. The molecule has 0 heterocycles. The predicted octanol–water partition coefficient (Wildman–Crippen LogP) is 3.70. The topological polar surface area (TPSA) is 37.3 Å². The van der Waals surface area contributed by atoms with Crippen LogP contribution in [0.4, 0.5) is 39.5 Å². The van der Waals surface area contributed by atoms with Crippen molar-refractivity contribution in [2.24, 2.45) is 0 Å². The van der Waals surface area contributed by atoms with Gasteiger partial charge in [0.15, 0.2) is 0 Å². The Bertz CT molecular complexity index is 327. The largest absolute Gasteiger partial charge is 0.401 e. The van der Waals surface area contributed by atoms with Gasteiger partial charge in [0.1, 0.15) is 11.8 Å². The Kier molecular flexibility index (Phi) is 4.80. The lowest BCUT2D eigenvalue weighted by molar-refractivity contribution is -0.182. The molecular weight excluding hydrogens is 306 g/mol. The van der Waals surface area contributed by atoms with Crippen molar-refractivity contribution in [2.45, 2.75) is 30.6 Å². The predicted molar refractivity (Wildman–Crippen MR) is 41.3 cm³/mol. The molecule has 0 aliphatic rings. The lowest BCUT2D eigenvalue weighted by Crippen LogP contribution is -2.36. The van der Waals surface area contributed by atoms with Crippen molar-refractivity contribution < 1.29 is 49.0 Å². The summed E-state index contributed by atoms with van der Waals surface area (Å²) in [4.78, 5) is 8.62. The van der Waals surface area contributed by atoms with Crippen LogP contribution in [-0.2, 0) is 4.57 Å². The molecule has 18 heavy (non-hydrogen) atoms. The van der Waals surface area contributed by atoms with Gasteiger partial charge in [-0.05, 0) is 0 Å². The zero-order valence-corrected chi connectivity index (χ0v) is 9.09. The zero-order valence-electron chi connectivity index (χ0n) is 8.20. The molecule has 0 aliphatic heterocycles. The van der Waals surface area contributed by atoms with Gasteiger partial charge in [0.25, 0.3) is 0 Å². The summed E-state index contributed by atoms with van der Waals surface area (Å²) in [5, 5.41) is 0. The molecule has 0 saturated carbocycles. The second kappa shape index (κ2) is 4.92. The van der Waals surface area contributed by atoms with Crippen molar-refractivity contribution in [2.75, 3.05) is 6.16 Å². The van der Waals surface area contributed by atoms with E-state index in [1.807, 2.05) is 0 Å². The summed E-state index contributed by atoms with van der Waals surface area (Å²) in [5.74, 6) is 0. The minimum absolute atomic E-state index is 2.82. The Morgan fingerprint density at radius 2 is 1.28 bits per heavy atom. The molecule has 0 bridgehead atoms. The van der Waals surface area contributed by atoms with E-state index in [0.29, 0.717) is 0 Å². The van der Waals surface area contributed by atoms with E-state index in [1.54, 1.807) is 0 Å². The maximum absolute atomic E-state index is 12.1. The Morgan fingerprint density at radius 3 is 1.50 bits per heavy atom. The van der Waals surface area contributed by atoms with Crippen LogP contribution in [0.25, 0.3) is 0 Å². The Morgan fingerprint density at radius 1 is 0.889 bits per heavy atom. The third kappa shape index (κ3) is 6.48. The third-order valence-corrected chi connectivity index (χ3v) is 3.96. The van der Waals surface area contributed by atoms with E-state index in [0.717, 1.165) is 0 Å². The van der Waals surface area contributed by atoms with Crippen molar-refractivity contribution in [3.05, 3.63) is 0 Å². The highest BCUT2D eigenvalue weighted by Crippen LogP contribution is 2.58. The molecule has 0 rings (SSSR count). The molecule has 2 unspecified atom stereocenters. The normalized spacial score (nSPS) is 19.4. The molecule has 1 N–H and O–H groups in total. The summed E-state index contributed by atoms with van der Waals surface area (Å²) in [6.07, 6.45) is -22.5. The van der Waals surface area contributed by atoms with E-state index in [-0.39, 0.29) is 0 Å². The molecule has 0 spiro atoms. The van der Waals surface area contributed by atoms with Crippen LogP contribution in [0.1, 0.15) is 6.42 Å². The van der Waals surface area contributed by atoms with E-state index in [9.17, 15) is 44.1 Å². The molecule has 0 aromatic carbocycles. The Balaban J connectivity index is 5.27. The SMILES string of the molecule is O=P(O)(CC(F)(F)F)C(CC(F)(F)F)C(F)(F)F. The second-order valence-electron chi connectivity index (χ2n) is 3.41. The molecule has 12 heteroatoms. The van der Waals surface area contributed by atoms with Gasteiger partial charge in [0, 0.05) is 0 Å². The molecule has 2 nitrogen and oxygen atoms in total. The van der Waals surface area contributed by atoms with Crippen LogP contribution in [0.3, 0.4) is 0 Å². The van der Waals surface area contributed by atoms with Crippen molar-refractivity contribution in [1.29, 1.82) is 0 Å². The second-order valence-corrected chi connectivity index (χ2v) is 5.86. The van der Waals surface area contributed by atoms with Crippen molar-refractivity contribution >= 4 is 7.37 Å². The third-order valence-electron chi connectivity index (χ3n) is 1.70. The molecule has 0 aromatic rings. The van der Waals surface area contributed by atoms with Gasteiger partial charge >= 0.3 is 18.5 Å². The molecule has 0 aliphatic carbocycles. The average molecular weight is 312 g/mol. The quantitative estimate of drug-likeness (QED) is 0.637. The van der Waals surface area contributed by atoms with Gasteiger partial charge in [0.2, 0.25) is 7.37 Å². The molecule has 110 valence electrons. The minimum atomic E-state index is -6.11. The highest BCUT2D eigenvalue weighted by Gasteiger charge is 2.58. The number of halogens is 9. The summed E-state index contributed by atoms with van der Waals surface area (Å²) >= 11 is 0. The molecular formula is C6H6F9O2P. The van der Waals surface area contributed by atoms with Gasteiger partial charge in [0.05, 0.1) is 6.42 Å². The molecule has 0 amide bonds. The van der Waals surface area contributed by atoms with E-state index in [4.69, 9.17) is 4.89 Å². The van der Waals surface area contributed by atoms with E-state index < -0.39 is 44.1 Å². The average Bonchev–Trinajstić information content (AvgIpc) is 1.90. The van der Waals surface area contributed by atoms with E-state index in [2.05, 4.69) is 0 Å². The molecule has 0 fully saturated rings.